The van der Waals surface area contributed by atoms with Gasteiger partial charge in [-0.2, -0.15) is 9.29 Å². The van der Waals surface area contributed by atoms with Gasteiger partial charge in [-0.3, -0.25) is 4.79 Å². The molecule has 0 unspecified atom stereocenters. The Balaban J connectivity index is 1.30. The Bertz CT molecular complexity index is 1310. The van der Waals surface area contributed by atoms with Gasteiger partial charge >= 0.3 is 0 Å². The zero-order valence-electron chi connectivity index (χ0n) is 20.0. The topological polar surface area (TPSA) is 105 Å². The lowest BCUT2D eigenvalue weighted by atomic mass is 9.85. The Labute approximate surface area is 209 Å². The fourth-order valence-electron chi connectivity index (χ4n) is 4.57. The van der Waals surface area contributed by atoms with Crippen LogP contribution in [0.2, 0.25) is 0 Å². The number of carbonyl (C=O) groups is 1. The van der Waals surface area contributed by atoms with Crippen molar-refractivity contribution in [2.75, 3.05) is 18.4 Å². The van der Waals surface area contributed by atoms with Crippen LogP contribution in [0.15, 0.2) is 39.8 Å². The van der Waals surface area contributed by atoms with Crippen LogP contribution >= 0.6 is 11.3 Å². The number of hydrogen-bond acceptors (Lipinski definition) is 7. The van der Waals surface area contributed by atoms with Crippen LogP contribution in [0.25, 0.3) is 10.7 Å². The van der Waals surface area contributed by atoms with E-state index in [1.807, 2.05) is 24.3 Å². The summed E-state index contributed by atoms with van der Waals surface area (Å²) in [6.45, 7) is 4.44. The number of nitrogens with zero attached hydrogens (tertiary/aromatic N) is 3. The molecule has 3 heterocycles. The van der Waals surface area contributed by atoms with Gasteiger partial charge in [-0.1, -0.05) is 30.6 Å². The van der Waals surface area contributed by atoms with E-state index < -0.39 is 15.9 Å². The summed E-state index contributed by atoms with van der Waals surface area (Å²) in [4.78, 5) is 19.0. The number of aromatic nitrogens is 2. The molecule has 10 heteroatoms. The molecule has 8 nitrogen and oxygen atoms in total. The third-order valence-corrected chi connectivity index (χ3v) is 10.2. The summed E-state index contributed by atoms with van der Waals surface area (Å²) in [6, 6.07) is 9.40. The van der Waals surface area contributed by atoms with E-state index in [-0.39, 0.29) is 17.3 Å². The molecule has 1 aromatic carbocycles. The lowest BCUT2D eigenvalue weighted by Crippen LogP contribution is -2.43. The summed E-state index contributed by atoms with van der Waals surface area (Å²) in [7, 11) is -3.75. The summed E-state index contributed by atoms with van der Waals surface area (Å²) < 4.78 is 34.0. The first kappa shape index (κ1) is 24.1. The van der Waals surface area contributed by atoms with Gasteiger partial charge in [0.25, 0.3) is 0 Å². The molecule has 5 rings (SSSR count). The summed E-state index contributed by atoms with van der Waals surface area (Å²) in [6.07, 6.45) is 5.50. The number of nitrogens with one attached hydrogen (secondary N) is 1. The molecule has 1 aliphatic carbocycles. The number of rotatable bonds is 7. The van der Waals surface area contributed by atoms with Crippen LogP contribution < -0.4 is 5.32 Å². The van der Waals surface area contributed by atoms with Crippen molar-refractivity contribution in [2.24, 2.45) is 5.92 Å². The molecule has 0 spiro atoms. The highest BCUT2D eigenvalue weighted by Gasteiger charge is 2.35. The number of sulfonamides is 1. The van der Waals surface area contributed by atoms with E-state index in [1.165, 1.54) is 27.6 Å². The molecule has 2 aliphatic rings. The van der Waals surface area contributed by atoms with Crippen LogP contribution in [0.1, 0.15) is 61.3 Å². The highest BCUT2D eigenvalue weighted by Crippen LogP contribution is 2.38. The van der Waals surface area contributed by atoms with Crippen molar-refractivity contribution in [3.05, 3.63) is 46.7 Å². The standard InChI is InChI=1S/C25H30N4O4S2/c1-3-17-9-11-20(12-10-17)26-24(30)19-8-5-13-29(15-19)35(31,32)22-14-21(34-16(22)2)23-27-25(33-28-23)18-6-4-7-18/h9-12,14,18-19H,3-8,13,15H2,1-2H3,(H,26,30)/t19-/m1/s1. The minimum absolute atomic E-state index is 0.146. The SMILES string of the molecule is CCc1ccc(NC(=O)[C@@H]2CCCN(S(=O)(=O)c3cc(-c4noc(C5CCC5)n4)sc3C)C2)cc1. The molecule has 2 aromatic heterocycles. The van der Waals surface area contributed by atoms with Crippen molar-refractivity contribution in [1.82, 2.24) is 14.4 Å². The molecule has 0 bridgehead atoms. The normalized spacial score (nSPS) is 19.4. The smallest absolute Gasteiger partial charge is 0.244 e. The predicted molar refractivity (Wildman–Crippen MR) is 135 cm³/mol. The molecule has 2 fully saturated rings. The first-order chi connectivity index (χ1) is 16.8. The van der Waals surface area contributed by atoms with Crippen molar-refractivity contribution in [3.8, 4) is 10.7 Å². The van der Waals surface area contributed by atoms with Crippen molar-refractivity contribution < 1.29 is 17.7 Å². The minimum atomic E-state index is -3.75. The van der Waals surface area contributed by atoms with Gasteiger partial charge in [0.2, 0.25) is 27.6 Å². The molecular weight excluding hydrogens is 484 g/mol. The highest BCUT2D eigenvalue weighted by atomic mass is 32.2. The molecule has 1 saturated heterocycles. The average Bonchev–Trinajstić information content (AvgIpc) is 3.46. The number of anilines is 1. The maximum absolute atomic E-state index is 13.6. The van der Waals surface area contributed by atoms with E-state index in [1.54, 1.807) is 13.0 Å². The summed E-state index contributed by atoms with van der Waals surface area (Å²) in [5, 5.41) is 7.03. The quantitative estimate of drug-likeness (QED) is 0.477. The van der Waals surface area contributed by atoms with Crippen molar-refractivity contribution in [3.63, 3.8) is 0 Å². The number of amides is 1. The Hall–Kier alpha value is -2.56. The number of piperidine rings is 1. The first-order valence-corrected chi connectivity index (χ1v) is 14.4. The van der Waals surface area contributed by atoms with Gasteiger partial charge in [-0.05, 0) is 62.8 Å². The largest absolute Gasteiger partial charge is 0.339 e. The molecule has 35 heavy (non-hydrogen) atoms. The van der Waals surface area contributed by atoms with Gasteiger partial charge in [-0.25, -0.2) is 8.42 Å². The van der Waals surface area contributed by atoms with Crippen LogP contribution in [0.4, 0.5) is 5.69 Å². The Kier molecular flexibility index (Phi) is 6.78. The van der Waals surface area contributed by atoms with Gasteiger partial charge in [0, 0.05) is 29.6 Å². The Morgan fingerprint density at radius 1 is 1.20 bits per heavy atom. The predicted octanol–water partition coefficient (Wildman–Crippen LogP) is 4.98. The molecule has 3 aromatic rings. The molecule has 186 valence electrons. The van der Waals surface area contributed by atoms with E-state index in [4.69, 9.17) is 4.52 Å². The Morgan fingerprint density at radius 2 is 1.97 bits per heavy atom. The second-order valence-corrected chi connectivity index (χ2v) is 12.5. The first-order valence-electron chi connectivity index (χ1n) is 12.2. The zero-order valence-corrected chi connectivity index (χ0v) is 21.6. The van der Waals surface area contributed by atoms with Crippen molar-refractivity contribution >= 4 is 33.0 Å². The highest BCUT2D eigenvalue weighted by molar-refractivity contribution is 7.89. The molecule has 0 radical (unpaired) electrons. The van der Waals surface area contributed by atoms with E-state index >= 15 is 0 Å². The molecule has 1 saturated carbocycles. The van der Waals surface area contributed by atoms with E-state index in [0.717, 1.165) is 24.9 Å². The number of benzene rings is 1. The molecule has 1 N–H and O–H groups in total. The van der Waals surface area contributed by atoms with Gasteiger partial charge in [-0.15, -0.1) is 11.3 Å². The van der Waals surface area contributed by atoms with Crippen LogP contribution in [0.5, 0.6) is 0 Å². The second kappa shape index (κ2) is 9.83. The summed E-state index contributed by atoms with van der Waals surface area (Å²) in [5.41, 5.74) is 1.93. The molecule has 1 amide bonds. The van der Waals surface area contributed by atoms with Crippen LogP contribution in [-0.2, 0) is 21.2 Å². The van der Waals surface area contributed by atoms with Crippen molar-refractivity contribution in [1.29, 1.82) is 0 Å². The Morgan fingerprint density at radius 3 is 2.66 bits per heavy atom. The fraction of sp³-hybridized carbons (Fsp3) is 0.480. The number of hydrogen-bond donors (Lipinski definition) is 1. The van der Waals surface area contributed by atoms with E-state index in [2.05, 4.69) is 22.4 Å². The van der Waals surface area contributed by atoms with Crippen molar-refractivity contribution in [2.45, 2.75) is 63.2 Å². The maximum Gasteiger partial charge on any atom is 0.244 e. The number of aryl methyl sites for hydroxylation is 2. The van der Waals surface area contributed by atoms with Gasteiger partial charge in [0.05, 0.1) is 15.7 Å². The fourth-order valence-corrected chi connectivity index (χ4v) is 7.58. The molecule has 1 atom stereocenters. The minimum Gasteiger partial charge on any atom is -0.339 e. The summed E-state index contributed by atoms with van der Waals surface area (Å²) in [5.74, 6) is 0.848. The average molecular weight is 515 g/mol. The van der Waals surface area contributed by atoms with Crippen LogP contribution in [0, 0.1) is 12.8 Å². The molecule has 1 aliphatic heterocycles. The van der Waals surface area contributed by atoms with E-state index in [9.17, 15) is 13.2 Å². The van der Waals surface area contributed by atoms with Crippen LogP contribution in [0.3, 0.4) is 0 Å². The van der Waals surface area contributed by atoms with Gasteiger partial charge in [0.1, 0.15) is 0 Å². The lowest BCUT2D eigenvalue weighted by Gasteiger charge is -2.31. The third-order valence-electron chi connectivity index (χ3n) is 6.99. The third kappa shape index (κ3) is 4.92. The molecular formula is C25H30N4O4S2. The maximum atomic E-state index is 13.6. The van der Waals surface area contributed by atoms with Crippen LogP contribution in [-0.4, -0.2) is 41.9 Å². The number of carbonyl (C=O) groups excluding carboxylic acids is 1. The van der Waals surface area contributed by atoms with Gasteiger partial charge < -0.3 is 9.84 Å². The zero-order chi connectivity index (χ0) is 24.6. The number of thiophene rings is 1. The monoisotopic (exact) mass is 514 g/mol. The second-order valence-electron chi connectivity index (χ2n) is 9.36. The summed E-state index contributed by atoms with van der Waals surface area (Å²) >= 11 is 1.35. The van der Waals surface area contributed by atoms with Gasteiger partial charge in [0.15, 0.2) is 0 Å². The van der Waals surface area contributed by atoms with E-state index in [0.29, 0.717) is 46.8 Å². The lowest BCUT2D eigenvalue weighted by molar-refractivity contribution is -0.120.